The Bertz CT molecular complexity index is 883. The van der Waals surface area contributed by atoms with Crippen LogP contribution in [0.3, 0.4) is 0 Å². The van der Waals surface area contributed by atoms with Crippen molar-refractivity contribution in [2.24, 2.45) is 0 Å². The smallest absolute Gasteiger partial charge is 0.292 e. The van der Waals surface area contributed by atoms with Gasteiger partial charge in [0.1, 0.15) is 5.82 Å². The summed E-state index contributed by atoms with van der Waals surface area (Å²) in [5.41, 5.74) is 0.943. The van der Waals surface area contributed by atoms with Gasteiger partial charge in [-0.3, -0.25) is 10.6 Å². The highest BCUT2D eigenvalue weighted by atomic mass is 35.5. The first-order valence-electron chi connectivity index (χ1n) is 6.97. The van der Waals surface area contributed by atoms with E-state index in [0.717, 1.165) is 11.8 Å². The molecule has 2 aromatic rings. The van der Waals surface area contributed by atoms with Gasteiger partial charge in [-0.15, -0.1) is 0 Å². The topological polar surface area (TPSA) is 108 Å². The molecule has 0 aliphatic heterocycles. The SMILES string of the molecule is Cc1ccc(NC(=O)NC(=O)N(c2ccc(Cl)cc2)S(C)(=O)=O)nc1. The Morgan fingerprint density at radius 1 is 1.12 bits per heavy atom. The van der Waals surface area contributed by atoms with Crippen LogP contribution >= 0.6 is 11.6 Å². The van der Waals surface area contributed by atoms with Crippen molar-refractivity contribution in [1.82, 2.24) is 10.3 Å². The maximum absolute atomic E-state index is 12.3. The zero-order chi connectivity index (χ0) is 18.6. The van der Waals surface area contributed by atoms with Crippen molar-refractivity contribution in [3.8, 4) is 0 Å². The second-order valence-electron chi connectivity index (χ2n) is 5.11. The zero-order valence-corrected chi connectivity index (χ0v) is 14.9. The summed E-state index contributed by atoms with van der Waals surface area (Å²) in [5, 5.41) is 4.67. The van der Waals surface area contributed by atoms with Gasteiger partial charge in [-0.05, 0) is 42.8 Å². The number of benzene rings is 1. The molecule has 10 heteroatoms. The molecule has 1 aromatic heterocycles. The van der Waals surface area contributed by atoms with Crippen molar-refractivity contribution >= 4 is 45.2 Å². The van der Waals surface area contributed by atoms with Crippen molar-refractivity contribution in [1.29, 1.82) is 0 Å². The molecule has 0 saturated carbocycles. The summed E-state index contributed by atoms with van der Waals surface area (Å²) >= 11 is 5.76. The average Bonchev–Trinajstić information content (AvgIpc) is 2.50. The van der Waals surface area contributed by atoms with Crippen molar-refractivity contribution in [3.05, 3.63) is 53.2 Å². The van der Waals surface area contributed by atoms with E-state index in [0.29, 0.717) is 9.33 Å². The van der Waals surface area contributed by atoms with Crippen LogP contribution in [0.2, 0.25) is 5.02 Å². The Morgan fingerprint density at radius 2 is 1.76 bits per heavy atom. The third-order valence-corrected chi connectivity index (χ3v) is 4.24. The Morgan fingerprint density at radius 3 is 2.28 bits per heavy atom. The lowest BCUT2D eigenvalue weighted by molar-refractivity contribution is 0.238. The third-order valence-electron chi connectivity index (χ3n) is 2.95. The Hall–Kier alpha value is -2.65. The van der Waals surface area contributed by atoms with Crippen molar-refractivity contribution in [2.75, 3.05) is 15.9 Å². The van der Waals surface area contributed by atoms with Gasteiger partial charge in [0.15, 0.2) is 0 Å². The molecule has 8 nitrogen and oxygen atoms in total. The number of amides is 4. The first kappa shape index (κ1) is 18.7. The molecular formula is C15H15ClN4O4S. The highest BCUT2D eigenvalue weighted by molar-refractivity contribution is 7.92. The van der Waals surface area contributed by atoms with Crippen molar-refractivity contribution in [3.63, 3.8) is 0 Å². The maximum atomic E-state index is 12.3. The minimum Gasteiger partial charge on any atom is -0.292 e. The van der Waals surface area contributed by atoms with E-state index >= 15 is 0 Å². The van der Waals surface area contributed by atoms with Crippen molar-refractivity contribution < 1.29 is 18.0 Å². The fourth-order valence-electron chi connectivity index (χ4n) is 1.87. The molecule has 1 aromatic carbocycles. The summed E-state index contributed by atoms with van der Waals surface area (Å²) in [5.74, 6) is 0.216. The van der Waals surface area contributed by atoms with E-state index in [2.05, 4.69) is 10.3 Å². The molecule has 0 radical (unpaired) electrons. The van der Waals surface area contributed by atoms with Crippen LogP contribution in [0.25, 0.3) is 0 Å². The van der Waals surface area contributed by atoms with E-state index in [1.54, 1.807) is 12.1 Å². The minimum absolute atomic E-state index is 0.0469. The third kappa shape index (κ3) is 5.16. The lowest BCUT2D eigenvalue weighted by Crippen LogP contribution is -2.47. The number of hydrogen-bond donors (Lipinski definition) is 2. The molecule has 0 atom stereocenters. The second kappa shape index (κ2) is 7.49. The zero-order valence-electron chi connectivity index (χ0n) is 13.4. The molecule has 132 valence electrons. The van der Waals surface area contributed by atoms with Gasteiger partial charge in [-0.25, -0.2) is 23.0 Å². The van der Waals surface area contributed by atoms with E-state index in [1.807, 2.05) is 12.2 Å². The van der Waals surface area contributed by atoms with Crippen LogP contribution in [0.5, 0.6) is 0 Å². The summed E-state index contributed by atoms with van der Waals surface area (Å²) in [6.07, 6.45) is 2.38. The van der Waals surface area contributed by atoms with Crippen LogP contribution in [0, 0.1) is 6.92 Å². The Balaban J connectivity index is 2.15. The standard InChI is InChI=1S/C15H15ClN4O4S/c1-10-3-8-13(17-9-10)18-14(21)19-15(22)20(25(2,23)24)12-6-4-11(16)5-7-12/h3-9H,1-2H3,(H2,17,18,19,21,22). The Labute approximate surface area is 149 Å². The van der Waals surface area contributed by atoms with Crippen LogP contribution in [-0.2, 0) is 10.0 Å². The number of sulfonamides is 1. The van der Waals surface area contributed by atoms with Gasteiger partial charge in [-0.2, -0.15) is 4.31 Å². The first-order chi connectivity index (χ1) is 11.7. The van der Waals surface area contributed by atoms with Crippen LogP contribution in [0.1, 0.15) is 5.56 Å². The van der Waals surface area contributed by atoms with Gasteiger partial charge in [0, 0.05) is 11.2 Å². The van der Waals surface area contributed by atoms with Crippen LogP contribution in [0.15, 0.2) is 42.6 Å². The number of carbonyl (C=O) groups excluding carboxylic acids is 2. The first-order valence-corrected chi connectivity index (χ1v) is 9.20. The number of imide groups is 1. The molecule has 0 bridgehead atoms. The minimum atomic E-state index is -3.97. The molecule has 25 heavy (non-hydrogen) atoms. The molecule has 0 aliphatic carbocycles. The van der Waals surface area contributed by atoms with Crippen molar-refractivity contribution in [2.45, 2.75) is 6.92 Å². The maximum Gasteiger partial charge on any atom is 0.343 e. The number of halogens is 1. The predicted octanol–water partition coefficient (Wildman–Crippen LogP) is 2.75. The molecule has 0 saturated heterocycles. The molecule has 0 aliphatic rings. The number of aryl methyl sites for hydroxylation is 1. The number of anilines is 2. The molecular weight excluding hydrogens is 368 g/mol. The van der Waals surface area contributed by atoms with Gasteiger partial charge in [0.2, 0.25) is 10.0 Å². The summed E-state index contributed by atoms with van der Waals surface area (Å²) in [6, 6.07) is 6.79. The molecule has 0 spiro atoms. The quantitative estimate of drug-likeness (QED) is 0.848. The predicted molar refractivity (Wildman–Crippen MR) is 95.3 cm³/mol. The molecule has 0 unspecified atom stereocenters. The fourth-order valence-corrected chi connectivity index (χ4v) is 2.85. The average molecular weight is 383 g/mol. The van der Waals surface area contributed by atoms with Gasteiger partial charge in [-0.1, -0.05) is 17.7 Å². The number of pyridine rings is 1. The number of carbonyl (C=O) groups is 2. The van der Waals surface area contributed by atoms with E-state index < -0.39 is 22.1 Å². The lowest BCUT2D eigenvalue weighted by Gasteiger charge is -2.20. The van der Waals surface area contributed by atoms with E-state index in [9.17, 15) is 18.0 Å². The number of aromatic nitrogens is 1. The van der Waals surface area contributed by atoms with Crippen LogP contribution < -0.4 is 14.9 Å². The molecule has 2 rings (SSSR count). The molecule has 4 amide bonds. The number of nitrogens with zero attached hydrogens (tertiary/aromatic N) is 2. The number of urea groups is 2. The number of nitrogens with one attached hydrogen (secondary N) is 2. The van der Waals surface area contributed by atoms with Crippen LogP contribution in [0.4, 0.5) is 21.1 Å². The molecule has 0 fully saturated rings. The molecule has 1 heterocycles. The summed E-state index contributed by atoms with van der Waals surface area (Å²) in [7, 11) is -3.97. The highest BCUT2D eigenvalue weighted by Gasteiger charge is 2.27. The van der Waals surface area contributed by atoms with E-state index in [1.165, 1.54) is 30.5 Å². The monoisotopic (exact) mass is 382 g/mol. The summed E-state index contributed by atoms with van der Waals surface area (Å²) in [4.78, 5) is 28.1. The second-order valence-corrected chi connectivity index (χ2v) is 7.38. The number of rotatable bonds is 3. The van der Waals surface area contributed by atoms with Gasteiger partial charge in [0.25, 0.3) is 0 Å². The summed E-state index contributed by atoms with van der Waals surface area (Å²) in [6.45, 7) is 1.83. The van der Waals surface area contributed by atoms with Gasteiger partial charge in [0.05, 0.1) is 11.9 Å². The number of hydrogen-bond acceptors (Lipinski definition) is 5. The van der Waals surface area contributed by atoms with Gasteiger partial charge >= 0.3 is 12.1 Å². The molecule has 2 N–H and O–H groups in total. The summed E-state index contributed by atoms with van der Waals surface area (Å²) < 4.78 is 24.3. The normalized spacial score (nSPS) is 10.8. The largest absolute Gasteiger partial charge is 0.343 e. The fraction of sp³-hybridized carbons (Fsp3) is 0.133. The Kier molecular flexibility index (Phi) is 5.60. The van der Waals surface area contributed by atoms with E-state index in [4.69, 9.17) is 11.6 Å². The van der Waals surface area contributed by atoms with E-state index in [-0.39, 0.29) is 11.5 Å². The highest BCUT2D eigenvalue weighted by Crippen LogP contribution is 2.20. The van der Waals surface area contributed by atoms with Gasteiger partial charge < -0.3 is 0 Å². The van der Waals surface area contributed by atoms with Crippen LogP contribution in [-0.4, -0.2) is 31.7 Å². The lowest BCUT2D eigenvalue weighted by atomic mass is 10.3.